The van der Waals surface area contributed by atoms with Crippen molar-refractivity contribution in [2.75, 3.05) is 5.32 Å². The molecule has 5 heteroatoms. The van der Waals surface area contributed by atoms with E-state index in [0.29, 0.717) is 17.9 Å². The Kier molecular flexibility index (Phi) is 2.90. The van der Waals surface area contributed by atoms with Crippen molar-refractivity contribution < 1.29 is 0 Å². The van der Waals surface area contributed by atoms with Crippen LogP contribution in [0.5, 0.6) is 0 Å². The predicted octanol–water partition coefficient (Wildman–Crippen LogP) is 2.02. The van der Waals surface area contributed by atoms with E-state index in [1.165, 1.54) is 11.1 Å². The van der Waals surface area contributed by atoms with E-state index in [1.54, 1.807) is 17.4 Å². The van der Waals surface area contributed by atoms with Gasteiger partial charge in [0.1, 0.15) is 6.07 Å². The molecule has 0 saturated heterocycles. The lowest BCUT2D eigenvalue weighted by molar-refractivity contribution is 1.000. The number of aromatic nitrogens is 2. The van der Waals surface area contributed by atoms with E-state index in [-0.39, 0.29) is 0 Å². The fraction of sp³-hybridized carbons (Fsp3) is 0.100. The summed E-state index contributed by atoms with van der Waals surface area (Å²) in [6.45, 7) is 0.672. The zero-order valence-corrected chi connectivity index (χ0v) is 8.66. The maximum Gasteiger partial charge on any atom is 0.166 e. The van der Waals surface area contributed by atoms with Crippen LogP contribution in [0.15, 0.2) is 29.8 Å². The number of thiophene rings is 1. The van der Waals surface area contributed by atoms with Gasteiger partial charge in [-0.3, -0.25) is 0 Å². The summed E-state index contributed by atoms with van der Waals surface area (Å²) in [6, 6.07) is 7.72. The Morgan fingerprint density at radius 1 is 1.47 bits per heavy atom. The standard InChI is InChI=1S/C10H8N4S/c11-6-8-3-4-13-14-10(8)12-7-9-2-1-5-15-9/h1-5H,7H2,(H,12,14). The van der Waals surface area contributed by atoms with Gasteiger partial charge in [0, 0.05) is 4.88 Å². The van der Waals surface area contributed by atoms with E-state index in [9.17, 15) is 0 Å². The van der Waals surface area contributed by atoms with Gasteiger partial charge in [-0.25, -0.2) is 0 Å². The van der Waals surface area contributed by atoms with Crippen LogP contribution in [0.2, 0.25) is 0 Å². The van der Waals surface area contributed by atoms with E-state index in [2.05, 4.69) is 21.6 Å². The molecule has 0 spiro atoms. The average molecular weight is 216 g/mol. The van der Waals surface area contributed by atoms with Crippen LogP contribution in [0.3, 0.4) is 0 Å². The second-order valence-electron chi connectivity index (χ2n) is 2.84. The first-order chi connectivity index (χ1) is 7.40. The first-order valence-electron chi connectivity index (χ1n) is 4.38. The van der Waals surface area contributed by atoms with Gasteiger partial charge in [0.05, 0.1) is 18.3 Å². The van der Waals surface area contributed by atoms with Crippen LogP contribution < -0.4 is 5.32 Å². The highest BCUT2D eigenvalue weighted by Gasteiger charge is 2.02. The summed E-state index contributed by atoms with van der Waals surface area (Å²) in [7, 11) is 0. The molecular formula is C10H8N4S. The third-order valence-electron chi connectivity index (χ3n) is 1.85. The van der Waals surface area contributed by atoms with Crippen molar-refractivity contribution in [2.24, 2.45) is 0 Å². The Hall–Kier alpha value is -1.93. The van der Waals surface area contributed by atoms with Crippen LogP contribution in [0.1, 0.15) is 10.4 Å². The molecule has 2 heterocycles. The molecule has 0 unspecified atom stereocenters. The molecule has 0 bridgehead atoms. The van der Waals surface area contributed by atoms with Gasteiger partial charge < -0.3 is 5.32 Å². The van der Waals surface area contributed by atoms with Crippen molar-refractivity contribution in [3.05, 3.63) is 40.2 Å². The highest BCUT2D eigenvalue weighted by molar-refractivity contribution is 7.09. The second-order valence-corrected chi connectivity index (χ2v) is 3.87. The molecule has 4 nitrogen and oxygen atoms in total. The van der Waals surface area contributed by atoms with Gasteiger partial charge >= 0.3 is 0 Å². The Morgan fingerprint density at radius 3 is 3.13 bits per heavy atom. The average Bonchev–Trinajstić information content (AvgIpc) is 2.79. The highest BCUT2D eigenvalue weighted by Crippen LogP contribution is 2.13. The first kappa shape index (κ1) is 9.62. The van der Waals surface area contributed by atoms with Gasteiger partial charge in [0.15, 0.2) is 5.82 Å². The minimum absolute atomic E-state index is 0.515. The lowest BCUT2D eigenvalue weighted by atomic mass is 10.3. The largest absolute Gasteiger partial charge is 0.363 e. The fourth-order valence-electron chi connectivity index (χ4n) is 1.14. The van der Waals surface area contributed by atoms with Crippen LogP contribution in [0.4, 0.5) is 5.82 Å². The van der Waals surface area contributed by atoms with Crippen LogP contribution in [0, 0.1) is 11.3 Å². The lowest BCUT2D eigenvalue weighted by Gasteiger charge is -2.03. The Morgan fingerprint density at radius 2 is 2.40 bits per heavy atom. The van der Waals surface area contributed by atoms with Crippen LogP contribution in [0.25, 0.3) is 0 Å². The molecule has 0 aliphatic carbocycles. The zero-order valence-electron chi connectivity index (χ0n) is 7.84. The lowest BCUT2D eigenvalue weighted by Crippen LogP contribution is -2.02. The van der Waals surface area contributed by atoms with E-state index < -0.39 is 0 Å². The van der Waals surface area contributed by atoms with Gasteiger partial charge in [-0.1, -0.05) is 6.07 Å². The number of anilines is 1. The van der Waals surface area contributed by atoms with Crippen molar-refractivity contribution in [1.29, 1.82) is 5.26 Å². The first-order valence-corrected chi connectivity index (χ1v) is 5.26. The van der Waals surface area contributed by atoms with Gasteiger partial charge in [-0.15, -0.1) is 16.4 Å². The molecule has 0 saturated carbocycles. The summed E-state index contributed by atoms with van der Waals surface area (Å²) in [5.41, 5.74) is 0.515. The predicted molar refractivity (Wildman–Crippen MR) is 58.4 cm³/mol. The molecule has 2 aromatic rings. The Bertz CT molecular complexity index is 472. The molecule has 15 heavy (non-hydrogen) atoms. The monoisotopic (exact) mass is 216 g/mol. The minimum atomic E-state index is 0.515. The van der Waals surface area contributed by atoms with Crippen molar-refractivity contribution >= 4 is 17.2 Å². The van der Waals surface area contributed by atoms with Gasteiger partial charge in [0.2, 0.25) is 0 Å². The van der Waals surface area contributed by atoms with E-state index in [1.807, 2.05) is 17.5 Å². The van der Waals surface area contributed by atoms with Crippen molar-refractivity contribution in [2.45, 2.75) is 6.54 Å². The molecule has 0 amide bonds. The number of nitrogens with one attached hydrogen (secondary N) is 1. The molecule has 0 atom stereocenters. The maximum atomic E-state index is 8.82. The molecule has 2 rings (SSSR count). The molecule has 0 aromatic carbocycles. The molecule has 0 radical (unpaired) electrons. The molecular weight excluding hydrogens is 208 g/mol. The quantitative estimate of drug-likeness (QED) is 0.852. The van der Waals surface area contributed by atoms with Crippen LogP contribution in [-0.4, -0.2) is 10.2 Å². The normalized spacial score (nSPS) is 9.53. The zero-order chi connectivity index (χ0) is 10.5. The van der Waals surface area contributed by atoms with Crippen LogP contribution in [-0.2, 0) is 6.54 Å². The third-order valence-corrected chi connectivity index (χ3v) is 2.73. The molecule has 74 valence electrons. The van der Waals surface area contributed by atoms with E-state index in [4.69, 9.17) is 5.26 Å². The van der Waals surface area contributed by atoms with E-state index >= 15 is 0 Å². The number of nitrogens with zero attached hydrogens (tertiary/aromatic N) is 3. The molecule has 0 aliphatic rings. The fourth-order valence-corrected chi connectivity index (χ4v) is 1.78. The smallest absolute Gasteiger partial charge is 0.166 e. The van der Waals surface area contributed by atoms with Crippen molar-refractivity contribution in [1.82, 2.24) is 10.2 Å². The number of hydrogen-bond acceptors (Lipinski definition) is 5. The van der Waals surface area contributed by atoms with E-state index in [0.717, 1.165) is 0 Å². The van der Waals surface area contributed by atoms with Gasteiger partial charge in [-0.2, -0.15) is 10.4 Å². The third kappa shape index (κ3) is 2.30. The van der Waals surface area contributed by atoms with Crippen molar-refractivity contribution in [3.8, 4) is 6.07 Å². The number of hydrogen-bond donors (Lipinski definition) is 1. The summed E-state index contributed by atoms with van der Waals surface area (Å²) in [5, 5.41) is 21.5. The molecule has 0 aliphatic heterocycles. The molecule has 1 N–H and O–H groups in total. The summed E-state index contributed by atoms with van der Waals surface area (Å²) in [6.07, 6.45) is 1.51. The number of nitriles is 1. The molecule has 2 aromatic heterocycles. The SMILES string of the molecule is N#Cc1ccnnc1NCc1cccs1. The van der Waals surface area contributed by atoms with Gasteiger partial charge in [-0.05, 0) is 17.5 Å². The summed E-state index contributed by atoms with van der Waals surface area (Å²) in [4.78, 5) is 1.20. The maximum absolute atomic E-state index is 8.82. The highest BCUT2D eigenvalue weighted by atomic mass is 32.1. The van der Waals surface area contributed by atoms with Crippen LogP contribution >= 0.6 is 11.3 Å². The van der Waals surface area contributed by atoms with Crippen molar-refractivity contribution in [3.63, 3.8) is 0 Å². The Balaban J connectivity index is 2.08. The minimum Gasteiger partial charge on any atom is -0.363 e. The molecule has 0 fully saturated rings. The number of rotatable bonds is 3. The summed E-state index contributed by atoms with van der Waals surface area (Å²) in [5.74, 6) is 0.536. The second kappa shape index (κ2) is 4.53. The summed E-state index contributed by atoms with van der Waals surface area (Å²) >= 11 is 1.66. The topological polar surface area (TPSA) is 61.6 Å². The Labute approximate surface area is 91.2 Å². The summed E-state index contributed by atoms with van der Waals surface area (Å²) < 4.78 is 0. The van der Waals surface area contributed by atoms with Gasteiger partial charge in [0.25, 0.3) is 0 Å².